The Balaban J connectivity index is 1.68. The number of hydrogen-bond donors (Lipinski definition) is 1. The summed E-state index contributed by atoms with van der Waals surface area (Å²) in [6.07, 6.45) is 1.17. The van der Waals surface area contributed by atoms with Gasteiger partial charge >= 0.3 is 0 Å². The van der Waals surface area contributed by atoms with Gasteiger partial charge in [-0.2, -0.15) is 0 Å². The van der Waals surface area contributed by atoms with Crippen LogP contribution in [-0.2, 0) is 16.4 Å². The van der Waals surface area contributed by atoms with Crippen molar-refractivity contribution in [1.29, 1.82) is 0 Å². The fraction of sp³-hybridized carbons (Fsp3) is 0.211. The van der Waals surface area contributed by atoms with Gasteiger partial charge in [0.2, 0.25) is 15.9 Å². The number of aryl methyl sites for hydroxylation is 1. The lowest BCUT2D eigenvalue weighted by atomic mass is 10.2. The minimum atomic E-state index is -3.64. The maximum Gasteiger partial charge on any atom is 0.229 e. The van der Waals surface area contributed by atoms with Crippen molar-refractivity contribution in [3.05, 3.63) is 65.6 Å². The van der Waals surface area contributed by atoms with Crippen LogP contribution in [0.4, 0.5) is 14.5 Å². The quantitative estimate of drug-likeness (QED) is 0.641. The molecule has 148 valence electrons. The smallest absolute Gasteiger partial charge is 0.229 e. The fourth-order valence-corrected chi connectivity index (χ4v) is 3.13. The normalized spacial score (nSPS) is 11.4. The Hall–Kier alpha value is -2.94. The highest BCUT2D eigenvalue weighted by atomic mass is 32.2. The second kappa shape index (κ2) is 7.97. The Morgan fingerprint density at radius 2 is 1.79 bits per heavy atom. The van der Waals surface area contributed by atoms with Crippen LogP contribution in [0.15, 0.2) is 46.9 Å². The van der Waals surface area contributed by atoms with E-state index >= 15 is 0 Å². The van der Waals surface area contributed by atoms with Crippen LogP contribution < -0.4 is 9.46 Å². The van der Waals surface area contributed by atoms with E-state index < -0.39 is 27.4 Å². The predicted octanol–water partition coefficient (Wildman–Crippen LogP) is 3.92. The van der Waals surface area contributed by atoms with E-state index in [0.717, 1.165) is 24.0 Å². The van der Waals surface area contributed by atoms with Crippen LogP contribution in [0.1, 0.15) is 11.5 Å². The summed E-state index contributed by atoms with van der Waals surface area (Å²) in [5, 5.41) is 0. The summed E-state index contributed by atoms with van der Waals surface area (Å²) in [7, 11) is -3.64. The zero-order valence-electron chi connectivity index (χ0n) is 15.2. The Bertz CT molecular complexity index is 1060. The van der Waals surface area contributed by atoms with Gasteiger partial charge in [0, 0.05) is 24.1 Å². The van der Waals surface area contributed by atoms with Gasteiger partial charge < -0.3 is 9.15 Å². The van der Waals surface area contributed by atoms with Crippen LogP contribution >= 0.6 is 0 Å². The molecule has 1 N–H and O–H groups in total. The van der Waals surface area contributed by atoms with Crippen molar-refractivity contribution in [2.24, 2.45) is 0 Å². The third-order valence-corrected chi connectivity index (χ3v) is 4.41. The molecule has 0 atom stereocenters. The molecule has 0 bridgehead atoms. The zero-order chi connectivity index (χ0) is 20.3. The molecule has 0 saturated heterocycles. The van der Waals surface area contributed by atoms with Crippen molar-refractivity contribution in [1.82, 2.24) is 4.98 Å². The van der Waals surface area contributed by atoms with Gasteiger partial charge in [-0.3, -0.25) is 4.72 Å². The maximum absolute atomic E-state index is 14.1. The van der Waals surface area contributed by atoms with Gasteiger partial charge in [0.1, 0.15) is 5.76 Å². The highest BCUT2D eigenvalue weighted by Crippen LogP contribution is 2.27. The first-order valence-electron chi connectivity index (χ1n) is 8.34. The van der Waals surface area contributed by atoms with E-state index in [9.17, 15) is 17.2 Å². The lowest BCUT2D eigenvalue weighted by molar-refractivity contribution is 0.287. The van der Waals surface area contributed by atoms with Crippen molar-refractivity contribution < 1.29 is 26.4 Å². The average Bonchev–Trinajstić information content (AvgIpc) is 2.97. The van der Waals surface area contributed by atoms with Crippen molar-refractivity contribution in [2.75, 3.05) is 17.6 Å². The number of oxazole rings is 1. The molecule has 3 rings (SSSR count). The number of anilines is 1. The maximum atomic E-state index is 14.1. The molecule has 0 aliphatic heterocycles. The predicted molar refractivity (Wildman–Crippen MR) is 101 cm³/mol. The van der Waals surface area contributed by atoms with E-state index in [1.165, 1.54) is 0 Å². The summed E-state index contributed by atoms with van der Waals surface area (Å²) in [6, 6.07) is 11.1. The number of benzene rings is 2. The number of rotatable bonds is 7. The Morgan fingerprint density at radius 1 is 1.14 bits per heavy atom. The molecule has 28 heavy (non-hydrogen) atoms. The third kappa shape index (κ3) is 4.86. The molecule has 0 aliphatic rings. The van der Waals surface area contributed by atoms with Crippen LogP contribution in [0.3, 0.4) is 0 Å². The van der Waals surface area contributed by atoms with E-state index in [2.05, 4.69) is 4.98 Å². The SMILES string of the molecule is Cc1oc(-c2ccccc2)nc1CCOc1c(F)cc(NS(C)(=O)=O)cc1F. The molecule has 0 spiro atoms. The number of ether oxygens (including phenoxy) is 1. The number of halogens is 2. The molecule has 0 fully saturated rings. The van der Waals surface area contributed by atoms with Crippen molar-refractivity contribution in [2.45, 2.75) is 13.3 Å². The fourth-order valence-electron chi connectivity index (χ4n) is 2.58. The number of nitrogens with zero attached hydrogens (tertiary/aromatic N) is 1. The van der Waals surface area contributed by atoms with Crippen LogP contribution in [0.2, 0.25) is 0 Å². The van der Waals surface area contributed by atoms with Gasteiger partial charge in [-0.1, -0.05) is 18.2 Å². The summed E-state index contributed by atoms with van der Waals surface area (Å²) in [5.74, 6) is -1.54. The van der Waals surface area contributed by atoms with Crippen LogP contribution in [0, 0.1) is 18.6 Å². The summed E-state index contributed by atoms with van der Waals surface area (Å²) in [6.45, 7) is 1.72. The first-order valence-corrected chi connectivity index (χ1v) is 10.2. The average molecular weight is 408 g/mol. The molecule has 6 nitrogen and oxygen atoms in total. The molecule has 3 aromatic rings. The minimum Gasteiger partial charge on any atom is -0.487 e. The monoisotopic (exact) mass is 408 g/mol. The van der Waals surface area contributed by atoms with E-state index in [1.54, 1.807) is 6.92 Å². The first-order chi connectivity index (χ1) is 13.2. The largest absolute Gasteiger partial charge is 0.487 e. The highest BCUT2D eigenvalue weighted by molar-refractivity contribution is 7.92. The number of aromatic nitrogens is 1. The summed E-state index contributed by atoms with van der Waals surface area (Å²) < 4.78 is 63.4. The molecule has 2 aromatic carbocycles. The van der Waals surface area contributed by atoms with E-state index in [-0.39, 0.29) is 18.7 Å². The molecule has 0 saturated carbocycles. The van der Waals surface area contributed by atoms with Gasteiger partial charge in [-0.05, 0) is 19.1 Å². The second-order valence-electron chi connectivity index (χ2n) is 6.13. The van der Waals surface area contributed by atoms with Gasteiger partial charge in [0.15, 0.2) is 17.4 Å². The summed E-state index contributed by atoms with van der Waals surface area (Å²) in [4.78, 5) is 4.40. The van der Waals surface area contributed by atoms with Gasteiger partial charge in [0.25, 0.3) is 0 Å². The van der Waals surface area contributed by atoms with Crippen molar-refractivity contribution in [3.8, 4) is 17.2 Å². The number of sulfonamides is 1. The Morgan fingerprint density at radius 3 is 2.39 bits per heavy atom. The molecule has 0 aliphatic carbocycles. The summed E-state index contributed by atoms with van der Waals surface area (Å²) >= 11 is 0. The molecule has 0 amide bonds. The molecule has 0 unspecified atom stereocenters. The molecular weight excluding hydrogens is 390 g/mol. The standard InChI is InChI=1S/C19H18F2N2O4S/c1-12-17(22-19(27-12)13-6-4-3-5-7-13)8-9-26-18-15(20)10-14(11-16(18)21)23-28(2,24)25/h3-7,10-11,23H,8-9H2,1-2H3. The number of hydrogen-bond acceptors (Lipinski definition) is 5. The van der Waals surface area contributed by atoms with Crippen LogP contribution in [0.25, 0.3) is 11.5 Å². The van der Waals surface area contributed by atoms with Crippen molar-refractivity contribution >= 4 is 15.7 Å². The zero-order valence-corrected chi connectivity index (χ0v) is 16.0. The molecule has 1 heterocycles. The topological polar surface area (TPSA) is 81.4 Å². The summed E-state index contributed by atoms with van der Waals surface area (Å²) in [5.41, 5.74) is 1.23. The van der Waals surface area contributed by atoms with Gasteiger partial charge in [-0.15, -0.1) is 0 Å². The third-order valence-electron chi connectivity index (χ3n) is 3.80. The van der Waals surface area contributed by atoms with Crippen molar-refractivity contribution in [3.63, 3.8) is 0 Å². The van der Waals surface area contributed by atoms with E-state index in [4.69, 9.17) is 9.15 Å². The molecule has 9 heteroatoms. The lowest BCUT2D eigenvalue weighted by Gasteiger charge is -2.10. The molecule has 1 aromatic heterocycles. The van der Waals surface area contributed by atoms with Gasteiger partial charge in [-0.25, -0.2) is 22.2 Å². The molecular formula is C19H18F2N2O4S. The first kappa shape index (κ1) is 19.8. The van der Waals surface area contributed by atoms with E-state index in [0.29, 0.717) is 17.3 Å². The second-order valence-corrected chi connectivity index (χ2v) is 7.88. The molecule has 0 radical (unpaired) electrons. The van der Waals surface area contributed by atoms with Crippen LogP contribution in [0.5, 0.6) is 5.75 Å². The highest BCUT2D eigenvalue weighted by Gasteiger charge is 2.16. The van der Waals surface area contributed by atoms with E-state index in [1.807, 2.05) is 35.1 Å². The minimum absolute atomic E-state index is 0.0334. The van der Waals surface area contributed by atoms with Crippen LogP contribution in [-0.4, -0.2) is 26.3 Å². The van der Waals surface area contributed by atoms with Gasteiger partial charge in [0.05, 0.1) is 24.2 Å². The lowest BCUT2D eigenvalue weighted by Crippen LogP contribution is -2.11. The Labute approximate surface area is 161 Å². The number of nitrogens with one attached hydrogen (secondary N) is 1. The Kier molecular flexibility index (Phi) is 5.64.